The molecule has 0 bridgehead atoms. The first kappa shape index (κ1) is 12.5. The highest BCUT2D eigenvalue weighted by molar-refractivity contribution is 7.99. The molecule has 1 fully saturated rings. The van der Waals surface area contributed by atoms with Crippen LogP contribution < -0.4 is 10.6 Å². The van der Waals surface area contributed by atoms with Crippen molar-refractivity contribution in [1.82, 2.24) is 10.6 Å². The van der Waals surface area contributed by atoms with Crippen molar-refractivity contribution in [2.75, 3.05) is 5.75 Å². The summed E-state index contributed by atoms with van der Waals surface area (Å²) in [6.07, 6.45) is 1.64. The van der Waals surface area contributed by atoms with Gasteiger partial charge in [0, 0.05) is 12.5 Å². The quantitative estimate of drug-likeness (QED) is 0.861. The summed E-state index contributed by atoms with van der Waals surface area (Å²) < 4.78 is 0. The van der Waals surface area contributed by atoms with Crippen molar-refractivity contribution in [2.24, 2.45) is 0 Å². The lowest BCUT2D eigenvalue weighted by Crippen LogP contribution is -2.51. The molecule has 2 rings (SSSR count). The van der Waals surface area contributed by atoms with Crippen LogP contribution in [0, 0.1) is 0 Å². The highest BCUT2D eigenvalue weighted by Crippen LogP contribution is 2.23. The van der Waals surface area contributed by atoms with Gasteiger partial charge in [0.15, 0.2) is 0 Å². The van der Waals surface area contributed by atoms with Gasteiger partial charge in [-0.1, -0.05) is 37.3 Å². The average Bonchev–Trinajstić information content (AvgIpc) is 2.37. The van der Waals surface area contributed by atoms with Crippen LogP contribution in [0.25, 0.3) is 0 Å². The molecule has 1 amide bonds. The number of amides is 1. The summed E-state index contributed by atoms with van der Waals surface area (Å²) in [5, 5.41) is 6.43. The second kappa shape index (κ2) is 6.07. The summed E-state index contributed by atoms with van der Waals surface area (Å²) >= 11 is 1.76. The molecule has 1 heterocycles. The van der Waals surface area contributed by atoms with Crippen molar-refractivity contribution in [1.29, 1.82) is 0 Å². The molecule has 2 N–H and O–H groups in total. The zero-order valence-corrected chi connectivity index (χ0v) is 10.8. The van der Waals surface area contributed by atoms with Crippen molar-refractivity contribution < 1.29 is 4.79 Å². The number of nitrogens with one attached hydrogen (secondary N) is 2. The minimum Gasteiger partial charge on any atom is -0.332 e. The van der Waals surface area contributed by atoms with Crippen molar-refractivity contribution in [3.8, 4) is 0 Å². The van der Waals surface area contributed by atoms with Crippen LogP contribution in [-0.2, 0) is 4.79 Å². The number of rotatable bonds is 4. The van der Waals surface area contributed by atoms with Crippen LogP contribution in [0.3, 0.4) is 0 Å². The Morgan fingerprint density at radius 1 is 1.35 bits per heavy atom. The first-order chi connectivity index (χ1) is 8.29. The first-order valence-electron chi connectivity index (χ1n) is 6.01. The van der Waals surface area contributed by atoms with Crippen LogP contribution >= 0.6 is 11.8 Å². The fourth-order valence-electron chi connectivity index (χ4n) is 1.90. The topological polar surface area (TPSA) is 41.1 Å². The highest BCUT2D eigenvalue weighted by atomic mass is 32.2. The zero-order valence-electron chi connectivity index (χ0n) is 9.98. The molecule has 4 heteroatoms. The van der Waals surface area contributed by atoms with Gasteiger partial charge in [-0.3, -0.25) is 10.1 Å². The Labute approximate surface area is 106 Å². The van der Waals surface area contributed by atoms with Gasteiger partial charge in [0.25, 0.3) is 0 Å². The van der Waals surface area contributed by atoms with Gasteiger partial charge in [0.2, 0.25) is 5.91 Å². The van der Waals surface area contributed by atoms with E-state index in [-0.39, 0.29) is 17.4 Å². The summed E-state index contributed by atoms with van der Waals surface area (Å²) in [6.45, 7) is 2.15. The normalized spacial score (nSPS) is 24.4. The fourth-order valence-corrected chi connectivity index (χ4v) is 2.85. The third kappa shape index (κ3) is 3.48. The number of benzene rings is 1. The van der Waals surface area contributed by atoms with Gasteiger partial charge in [-0.05, 0) is 17.7 Å². The van der Waals surface area contributed by atoms with Gasteiger partial charge in [-0.15, -0.1) is 11.8 Å². The molecule has 0 aliphatic carbocycles. The van der Waals surface area contributed by atoms with E-state index < -0.39 is 0 Å². The third-order valence-corrected chi connectivity index (χ3v) is 3.96. The smallest absolute Gasteiger partial charge is 0.223 e. The molecule has 0 aromatic heterocycles. The van der Waals surface area contributed by atoms with Gasteiger partial charge in [-0.25, -0.2) is 0 Å². The van der Waals surface area contributed by atoms with Crippen LogP contribution in [-0.4, -0.2) is 17.2 Å². The molecule has 1 aromatic carbocycles. The molecule has 3 nitrogen and oxygen atoms in total. The van der Waals surface area contributed by atoms with Crippen molar-refractivity contribution in [3.63, 3.8) is 0 Å². The molecular weight excluding hydrogens is 232 g/mol. The van der Waals surface area contributed by atoms with E-state index >= 15 is 0 Å². The second-order valence-corrected chi connectivity index (χ2v) is 5.37. The molecule has 1 aliphatic heterocycles. The fraction of sp³-hybridized carbons (Fsp3) is 0.462. The molecule has 2 atom stereocenters. The van der Waals surface area contributed by atoms with E-state index in [0.717, 1.165) is 12.2 Å². The second-order valence-electron chi connectivity index (χ2n) is 4.15. The van der Waals surface area contributed by atoms with E-state index in [0.29, 0.717) is 6.42 Å². The van der Waals surface area contributed by atoms with Gasteiger partial charge < -0.3 is 5.32 Å². The average molecular weight is 250 g/mol. The van der Waals surface area contributed by atoms with Crippen LogP contribution in [0.2, 0.25) is 0 Å². The standard InChI is InChI=1S/C13H18N2OS/c1-2-8-17-13-14-11(9-12(16)15-13)10-6-4-3-5-7-10/h3-7,11,13-14H,2,8-9H2,1H3,(H,15,16). The van der Waals surface area contributed by atoms with Crippen molar-refractivity contribution >= 4 is 17.7 Å². The van der Waals surface area contributed by atoms with Gasteiger partial charge in [0.05, 0.1) is 0 Å². The molecule has 0 saturated carbocycles. The number of hydrogen-bond donors (Lipinski definition) is 2. The van der Waals surface area contributed by atoms with Gasteiger partial charge in [-0.2, -0.15) is 0 Å². The van der Waals surface area contributed by atoms with E-state index in [1.807, 2.05) is 18.2 Å². The lowest BCUT2D eigenvalue weighted by Gasteiger charge is -2.31. The van der Waals surface area contributed by atoms with Crippen molar-refractivity contribution in [3.05, 3.63) is 35.9 Å². The predicted octanol–water partition coefficient (Wildman–Crippen LogP) is 2.26. The number of thioether (sulfide) groups is 1. The minimum absolute atomic E-state index is 0.0430. The molecule has 0 radical (unpaired) electrons. The Bertz CT molecular complexity index is 369. The Morgan fingerprint density at radius 3 is 2.82 bits per heavy atom. The monoisotopic (exact) mass is 250 g/mol. The lowest BCUT2D eigenvalue weighted by atomic mass is 10.0. The molecule has 1 saturated heterocycles. The zero-order chi connectivity index (χ0) is 12.1. The number of hydrogen-bond acceptors (Lipinski definition) is 3. The predicted molar refractivity (Wildman–Crippen MR) is 71.6 cm³/mol. The van der Waals surface area contributed by atoms with Crippen LogP contribution in [0.1, 0.15) is 31.4 Å². The maximum absolute atomic E-state index is 11.7. The molecule has 1 aliphatic rings. The molecule has 1 aromatic rings. The van der Waals surface area contributed by atoms with E-state index in [9.17, 15) is 4.79 Å². The van der Waals surface area contributed by atoms with Crippen LogP contribution in [0.15, 0.2) is 30.3 Å². The van der Waals surface area contributed by atoms with E-state index in [2.05, 4.69) is 29.7 Å². The molecular formula is C13H18N2OS. The van der Waals surface area contributed by atoms with E-state index in [1.54, 1.807) is 11.8 Å². The van der Waals surface area contributed by atoms with E-state index in [1.165, 1.54) is 5.56 Å². The summed E-state index contributed by atoms with van der Waals surface area (Å²) in [4.78, 5) is 11.7. The Hall–Kier alpha value is -1.00. The molecule has 0 spiro atoms. The summed E-state index contributed by atoms with van der Waals surface area (Å²) in [6, 6.07) is 10.3. The highest BCUT2D eigenvalue weighted by Gasteiger charge is 2.26. The lowest BCUT2D eigenvalue weighted by molar-refractivity contribution is -0.123. The van der Waals surface area contributed by atoms with Crippen LogP contribution in [0.5, 0.6) is 0 Å². The number of carbonyl (C=O) groups excluding carboxylic acids is 1. The molecule has 17 heavy (non-hydrogen) atoms. The molecule has 2 unspecified atom stereocenters. The van der Waals surface area contributed by atoms with Crippen molar-refractivity contribution in [2.45, 2.75) is 31.3 Å². The first-order valence-corrected chi connectivity index (χ1v) is 7.06. The number of carbonyl (C=O) groups is 1. The SMILES string of the molecule is CCCSC1NC(=O)CC(c2ccccc2)N1. The molecule has 92 valence electrons. The summed E-state index contributed by atoms with van der Waals surface area (Å²) in [5.74, 6) is 1.19. The summed E-state index contributed by atoms with van der Waals surface area (Å²) in [7, 11) is 0. The van der Waals surface area contributed by atoms with Gasteiger partial charge in [0.1, 0.15) is 5.50 Å². The Morgan fingerprint density at radius 2 is 2.12 bits per heavy atom. The minimum atomic E-state index is 0.0430. The van der Waals surface area contributed by atoms with Gasteiger partial charge >= 0.3 is 0 Å². The largest absolute Gasteiger partial charge is 0.332 e. The Kier molecular flexibility index (Phi) is 4.45. The van der Waals surface area contributed by atoms with Crippen LogP contribution in [0.4, 0.5) is 0 Å². The Balaban J connectivity index is 2.01. The maximum atomic E-state index is 11.7. The third-order valence-electron chi connectivity index (χ3n) is 2.72. The summed E-state index contributed by atoms with van der Waals surface area (Å²) in [5.41, 5.74) is 1.23. The van der Waals surface area contributed by atoms with E-state index in [4.69, 9.17) is 0 Å². The maximum Gasteiger partial charge on any atom is 0.223 e.